The van der Waals surface area contributed by atoms with Crippen LogP contribution in [-0.4, -0.2) is 28.7 Å². The van der Waals surface area contributed by atoms with Crippen LogP contribution in [0.2, 0.25) is 0 Å². The van der Waals surface area contributed by atoms with Crippen LogP contribution in [0.1, 0.15) is 34.7 Å². The number of anilines is 1. The van der Waals surface area contributed by atoms with Gasteiger partial charge in [-0.1, -0.05) is 0 Å². The van der Waals surface area contributed by atoms with E-state index in [2.05, 4.69) is 20.4 Å². The maximum Gasteiger partial charge on any atom is 0.411 e. The van der Waals surface area contributed by atoms with Crippen LogP contribution in [0.5, 0.6) is 0 Å². The summed E-state index contributed by atoms with van der Waals surface area (Å²) in [5, 5.41) is 5.48. The second-order valence-electron chi connectivity index (χ2n) is 5.24. The van der Waals surface area contributed by atoms with E-state index in [0.29, 0.717) is 11.3 Å². The van der Waals surface area contributed by atoms with Gasteiger partial charge in [0.05, 0.1) is 13.2 Å². The number of aryl methyl sites for hydroxylation is 2. The molecule has 7 nitrogen and oxygen atoms in total. The number of hydrogen-bond donors (Lipinski definition) is 2. The molecule has 2 aromatic rings. The molecule has 2 rings (SSSR count). The Morgan fingerprint density at radius 2 is 2.09 bits per heavy atom. The molecule has 0 radical (unpaired) electrons. The number of nitrogens with zero attached hydrogens (tertiary/aromatic N) is 2. The second-order valence-corrected chi connectivity index (χ2v) is 5.24. The molecule has 1 aromatic carbocycles. The van der Waals surface area contributed by atoms with Crippen LogP contribution in [0.15, 0.2) is 30.6 Å². The molecule has 1 aromatic heterocycles. The predicted octanol–water partition coefficient (Wildman–Crippen LogP) is 2.40. The molecule has 0 aliphatic carbocycles. The van der Waals surface area contributed by atoms with Crippen molar-refractivity contribution in [2.24, 2.45) is 7.05 Å². The number of carbonyl (C=O) groups excluding carboxylic acids is 2. The maximum atomic E-state index is 12.4. The zero-order valence-corrected chi connectivity index (χ0v) is 13.6. The summed E-state index contributed by atoms with van der Waals surface area (Å²) >= 11 is 0. The Morgan fingerprint density at radius 1 is 1.35 bits per heavy atom. The number of aromatic nitrogens is 2. The monoisotopic (exact) mass is 316 g/mol. The van der Waals surface area contributed by atoms with E-state index in [-0.39, 0.29) is 11.9 Å². The first-order chi connectivity index (χ1) is 10.9. The average Bonchev–Trinajstić information content (AvgIpc) is 2.93. The molecule has 0 saturated carbocycles. The zero-order chi connectivity index (χ0) is 17.0. The van der Waals surface area contributed by atoms with Gasteiger partial charge in [-0.15, -0.1) is 0 Å². The Balaban J connectivity index is 2.10. The third-order valence-corrected chi connectivity index (χ3v) is 3.50. The molecule has 1 heterocycles. The fourth-order valence-corrected chi connectivity index (χ4v) is 2.30. The lowest BCUT2D eigenvalue weighted by Crippen LogP contribution is -2.29. The number of benzene rings is 1. The van der Waals surface area contributed by atoms with Crippen LogP contribution in [0.4, 0.5) is 10.5 Å². The first-order valence-electron chi connectivity index (χ1n) is 7.16. The van der Waals surface area contributed by atoms with Gasteiger partial charge in [-0.2, -0.15) is 0 Å². The minimum absolute atomic E-state index is 0.192. The molecular formula is C16H20N4O3. The summed E-state index contributed by atoms with van der Waals surface area (Å²) < 4.78 is 6.40. The Morgan fingerprint density at radius 3 is 2.65 bits per heavy atom. The van der Waals surface area contributed by atoms with Gasteiger partial charge in [0.15, 0.2) is 0 Å². The summed E-state index contributed by atoms with van der Waals surface area (Å²) in [5.74, 6) is 0.586. The van der Waals surface area contributed by atoms with Crippen molar-refractivity contribution in [1.82, 2.24) is 14.9 Å². The smallest absolute Gasteiger partial charge is 0.411 e. The molecule has 0 bridgehead atoms. The third kappa shape index (κ3) is 3.88. The highest BCUT2D eigenvalue weighted by Crippen LogP contribution is 2.17. The van der Waals surface area contributed by atoms with Crippen LogP contribution >= 0.6 is 0 Å². The van der Waals surface area contributed by atoms with Crippen molar-refractivity contribution in [2.75, 3.05) is 12.4 Å². The van der Waals surface area contributed by atoms with Gasteiger partial charge in [0, 0.05) is 30.7 Å². The maximum absolute atomic E-state index is 12.4. The van der Waals surface area contributed by atoms with Crippen molar-refractivity contribution in [3.8, 4) is 0 Å². The lowest BCUT2D eigenvalue weighted by Gasteiger charge is -2.15. The van der Waals surface area contributed by atoms with Crippen molar-refractivity contribution < 1.29 is 14.3 Å². The summed E-state index contributed by atoms with van der Waals surface area (Å²) in [6, 6.07) is 4.83. The minimum Gasteiger partial charge on any atom is -0.453 e. The number of imidazole rings is 1. The first kappa shape index (κ1) is 16.5. The Hall–Kier alpha value is -2.83. The molecule has 1 unspecified atom stereocenters. The van der Waals surface area contributed by atoms with Gasteiger partial charge in [-0.3, -0.25) is 10.1 Å². The highest BCUT2D eigenvalue weighted by Gasteiger charge is 2.16. The van der Waals surface area contributed by atoms with E-state index in [1.54, 1.807) is 24.4 Å². The molecule has 0 aliphatic heterocycles. The van der Waals surface area contributed by atoms with Gasteiger partial charge in [-0.05, 0) is 37.6 Å². The van der Waals surface area contributed by atoms with Crippen molar-refractivity contribution in [3.05, 3.63) is 47.5 Å². The molecule has 1 atom stereocenters. The number of hydrogen-bond acceptors (Lipinski definition) is 4. The Labute approximate surface area is 134 Å². The van der Waals surface area contributed by atoms with Crippen LogP contribution in [0, 0.1) is 6.92 Å². The van der Waals surface area contributed by atoms with E-state index in [1.165, 1.54) is 7.11 Å². The molecule has 0 spiro atoms. The first-order valence-corrected chi connectivity index (χ1v) is 7.16. The molecule has 0 saturated heterocycles. The van der Waals surface area contributed by atoms with E-state index in [1.807, 2.05) is 31.7 Å². The van der Waals surface area contributed by atoms with E-state index >= 15 is 0 Å². The van der Waals surface area contributed by atoms with E-state index < -0.39 is 6.09 Å². The molecule has 2 amide bonds. The van der Waals surface area contributed by atoms with E-state index in [9.17, 15) is 9.59 Å². The van der Waals surface area contributed by atoms with Gasteiger partial charge in [0.1, 0.15) is 5.82 Å². The molecule has 23 heavy (non-hydrogen) atoms. The fourth-order valence-electron chi connectivity index (χ4n) is 2.30. The van der Waals surface area contributed by atoms with Gasteiger partial charge < -0.3 is 14.6 Å². The molecule has 0 aliphatic rings. The summed E-state index contributed by atoms with van der Waals surface area (Å²) in [5.41, 5.74) is 1.87. The molecule has 7 heteroatoms. The normalized spacial score (nSPS) is 11.7. The fraction of sp³-hybridized carbons (Fsp3) is 0.312. The number of amides is 2. The number of nitrogens with one attached hydrogen (secondary N) is 2. The third-order valence-electron chi connectivity index (χ3n) is 3.50. The standard InChI is InChI=1S/C16H20N4O3/c1-10-9-12(19-16(22)23-4)5-6-13(10)15(21)18-11(2)14-17-7-8-20(14)3/h5-9,11H,1-4H3,(H,18,21)(H,19,22). The van der Waals surface area contributed by atoms with Crippen LogP contribution < -0.4 is 10.6 Å². The quantitative estimate of drug-likeness (QED) is 0.907. The Kier molecular flexibility index (Phi) is 5.00. The van der Waals surface area contributed by atoms with Crippen molar-refractivity contribution >= 4 is 17.7 Å². The molecule has 0 fully saturated rings. The van der Waals surface area contributed by atoms with Gasteiger partial charge in [0.25, 0.3) is 5.91 Å². The molecular weight excluding hydrogens is 296 g/mol. The minimum atomic E-state index is -0.551. The number of rotatable bonds is 4. The predicted molar refractivity (Wildman–Crippen MR) is 86.3 cm³/mol. The summed E-state index contributed by atoms with van der Waals surface area (Å²) in [7, 11) is 3.17. The Bertz CT molecular complexity index is 724. The van der Waals surface area contributed by atoms with Gasteiger partial charge in [-0.25, -0.2) is 9.78 Å². The van der Waals surface area contributed by atoms with Crippen molar-refractivity contribution in [2.45, 2.75) is 19.9 Å². The number of carbonyl (C=O) groups is 2. The highest BCUT2D eigenvalue weighted by molar-refractivity contribution is 5.96. The van der Waals surface area contributed by atoms with Crippen molar-refractivity contribution in [3.63, 3.8) is 0 Å². The van der Waals surface area contributed by atoms with Crippen molar-refractivity contribution in [1.29, 1.82) is 0 Å². The summed E-state index contributed by atoms with van der Waals surface area (Å²) in [6.45, 7) is 3.69. The lowest BCUT2D eigenvalue weighted by molar-refractivity contribution is 0.0937. The number of methoxy groups -OCH3 is 1. The zero-order valence-electron chi connectivity index (χ0n) is 13.6. The van der Waals surface area contributed by atoms with E-state index in [4.69, 9.17) is 0 Å². The van der Waals surface area contributed by atoms with Gasteiger partial charge >= 0.3 is 6.09 Å². The second kappa shape index (κ2) is 6.95. The van der Waals surface area contributed by atoms with Gasteiger partial charge in [0.2, 0.25) is 0 Å². The average molecular weight is 316 g/mol. The van der Waals surface area contributed by atoms with Crippen LogP contribution in [0.25, 0.3) is 0 Å². The lowest BCUT2D eigenvalue weighted by atomic mass is 10.1. The van der Waals surface area contributed by atoms with Crippen LogP contribution in [0.3, 0.4) is 0 Å². The van der Waals surface area contributed by atoms with E-state index in [0.717, 1.165) is 11.4 Å². The molecule has 122 valence electrons. The topological polar surface area (TPSA) is 85.2 Å². The SMILES string of the molecule is COC(=O)Nc1ccc(C(=O)NC(C)c2nccn2C)c(C)c1. The molecule has 2 N–H and O–H groups in total. The number of ether oxygens (including phenoxy) is 1. The summed E-state index contributed by atoms with van der Waals surface area (Å²) in [4.78, 5) is 27.8. The summed E-state index contributed by atoms with van der Waals surface area (Å²) in [6.07, 6.45) is 2.97. The largest absolute Gasteiger partial charge is 0.453 e. The highest BCUT2D eigenvalue weighted by atomic mass is 16.5. The van der Waals surface area contributed by atoms with Crippen LogP contribution in [-0.2, 0) is 11.8 Å².